The average molecular weight is 222 g/mol. The number of fused-ring (bicyclic) bond motifs is 1. The summed E-state index contributed by atoms with van der Waals surface area (Å²) in [6.07, 6.45) is 1.85. The molecule has 5 heteroatoms. The van der Waals surface area contributed by atoms with Gasteiger partial charge in [-0.3, -0.25) is 4.79 Å². The van der Waals surface area contributed by atoms with Crippen LogP contribution in [0.25, 0.3) is 10.9 Å². The lowest BCUT2D eigenvalue weighted by Gasteiger charge is -2.03. The van der Waals surface area contributed by atoms with E-state index in [0.29, 0.717) is 16.8 Å². The molecule has 0 aliphatic heterocycles. The van der Waals surface area contributed by atoms with Crippen LogP contribution in [0.3, 0.4) is 0 Å². The fourth-order valence-corrected chi connectivity index (χ4v) is 1.94. The summed E-state index contributed by atoms with van der Waals surface area (Å²) in [6, 6.07) is 7.01. The maximum atomic E-state index is 11.9. The van der Waals surface area contributed by atoms with E-state index in [1.807, 2.05) is 6.26 Å². The molecule has 0 unspecified atom stereocenters. The first-order valence-electron chi connectivity index (χ1n) is 4.45. The van der Waals surface area contributed by atoms with Crippen molar-refractivity contribution in [2.45, 2.75) is 5.88 Å². The van der Waals surface area contributed by atoms with E-state index in [-0.39, 0.29) is 11.2 Å². The molecule has 0 radical (unpaired) electrons. The van der Waals surface area contributed by atoms with Crippen molar-refractivity contribution in [3.8, 4) is 0 Å². The maximum Gasteiger partial charge on any atom is 0.329 e. The first kappa shape index (κ1) is 10.0. The smallest absolute Gasteiger partial charge is 0.307 e. The summed E-state index contributed by atoms with van der Waals surface area (Å²) >= 11 is 1.43. The number of aromatic amines is 1. The van der Waals surface area contributed by atoms with E-state index in [4.69, 9.17) is 0 Å². The van der Waals surface area contributed by atoms with E-state index in [9.17, 15) is 9.59 Å². The molecule has 1 heterocycles. The van der Waals surface area contributed by atoms with Gasteiger partial charge in [-0.15, -0.1) is 11.8 Å². The highest BCUT2D eigenvalue weighted by atomic mass is 32.2. The lowest BCUT2D eigenvalue weighted by atomic mass is 10.2. The average Bonchev–Trinajstić information content (AvgIpc) is 2.24. The Balaban J connectivity index is 2.85. The molecule has 2 rings (SSSR count). The lowest BCUT2D eigenvalue weighted by molar-refractivity contribution is 0.778. The molecule has 0 fully saturated rings. The van der Waals surface area contributed by atoms with Gasteiger partial charge in [0.05, 0.1) is 16.8 Å². The molecule has 0 saturated heterocycles. The van der Waals surface area contributed by atoms with Crippen molar-refractivity contribution in [1.29, 1.82) is 0 Å². The second-order valence-electron chi connectivity index (χ2n) is 3.13. The normalized spacial score (nSPS) is 10.7. The van der Waals surface area contributed by atoms with Crippen LogP contribution in [0.1, 0.15) is 0 Å². The number of rotatable bonds is 2. The first-order chi connectivity index (χ1) is 7.24. The van der Waals surface area contributed by atoms with Crippen LogP contribution < -0.4 is 11.2 Å². The van der Waals surface area contributed by atoms with Gasteiger partial charge in [0.1, 0.15) is 0 Å². The number of thioether (sulfide) groups is 1. The molecule has 0 aliphatic rings. The van der Waals surface area contributed by atoms with Gasteiger partial charge >= 0.3 is 5.69 Å². The summed E-state index contributed by atoms with van der Waals surface area (Å²) in [4.78, 5) is 26.1. The number of hydrogen-bond donors (Lipinski definition) is 1. The maximum absolute atomic E-state index is 11.9. The van der Waals surface area contributed by atoms with Crippen molar-refractivity contribution in [2.75, 3.05) is 6.26 Å². The number of H-pyrrole nitrogens is 1. The largest absolute Gasteiger partial charge is 0.329 e. The van der Waals surface area contributed by atoms with Crippen molar-refractivity contribution in [1.82, 2.24) is 9.55 Å². The van der Waals surface area contributed by atoms with E-state index in [2.05, 4.69) is 4.98 Å². The highest BCUT2D eigenvalue weighted by Gasteiger charge is 2.05. The second kappa shape index (κ2) is 3.94. The minimum absolute atomic E-state index is 0.233. The summed E-state index contributed by atoms with van der Waals surface area (Å²) in [7, 11) is 0. The van der Waals surface area contributed by atoms with Crippen molar-refractivity contribution in [3.63, 3.8) is 0 Å². The number of para-hydroxylation sites is 1. The van der Waals surface area contributed by atoms with Gasteiger partial charge in [-0.05, 0) is 18.4 Å². The minimum Gasteiger partial charge on any atom is -0.307 e. The lowest BCUT2D eigenvalue weighted by Crippen LogP contribution is -2.34. The number of hydrogen-bond acceptors (Lipinski definition) is 3. The molecule has 0 spiro atoms. The Bertz CT molecular complexity index is 600. The number of nitrogens with zero attached hydrogens (tertiary/aromatic N) is 1. The molecule has 1 N–H and O–H groups in total. The summed E-state index contributed by atoms with van der Waals surface area (Å²) in [5.74, 6) is 0.374. The van der Waals surface area contributed by atoms with Gasteiger partial charge in [-0.2, -0.15) is 0 Å². The molecule has 0 aliphatic carbocycles. The van der Waals surface area contributed by atoms with Gasteiger partial charge in [0, 0.05) is 0 Å². The molecule has 78 valence electrons. The zero-order valence-electron chi connectivity index (χ0n) is 8.19. The topological polar surface area (TPSA) is 54.9 Å². The molecule has 0 saturated carbocycles. The Hall–Kier alpha value is -1.49. The third-order valence-electron chi connectivity index (χ3n) is 2.15. The highest BCUT2D eigenvalue weighted by Crippen LogP contribution is 2.03. The van der Waals surface area contributed by atoms with Gasteiger partial charge in [0.2, 0.25) is 0 Å². The van der Waals surface area contributed by atoms with Crippen LogP contribution in [0.4, 0.5) is 0 Å². The molecule has 1 aromatic heterocycles. The van der Waals surface area contributed by atoms with E-state index < -0.39 is 0 Å². The fraction of sp³-hybridized carbons (Fsp3) is 0.200. The van der Waals surface area contributed by atoms with Crippen LogP contribution in [0.2, 0.25) is 0 Å². The van der Waals surface area contributed by atoms with E-state index in [1.165, 1.54) is 16.3 Å². The standard InChI is InChI=1S/C10H10N2O2S/c1-15-6-12-9(13)7-4-2-3-5-8(7)11-10(12)14/h2-5H,6H2,1H3,(H,11,14). The fourth-order valence-electron chi connectivity index (χ4n) is 1.45. The Labute approximate surface area is 89.9 Å². The number of benzene rings is 1. The van der Waals surface area contributed by atoms with Crippen molar-refractivity contribution in [3.05, 3.63) is 45.1 Å². The Kier molecular flexibility index (Phi) is 2.64. The third-order valence-corrected chi connectivity index (χ3v) is 2.66. The van der Waals surface area contributed by atoms with Gasteiger partial charge in [0.15, 0.2) is 0 Å². The molecule has 2 aromatic rings. The Morgan fingerprint density at radius 2 is 2.07 bits per heavy atom. The minimum atomic E-state index is -0.354. The summed E-state index contributed by atoms with van der Waals surface area (Å²) in [6.45, 7) is 0. The number of aromatic nitrogens is 2. The van der Waals surface area contributed by atoms with Crippen LogP contribution in [-0.2, 0) is 5.88 Å². The quantitative estimate of drug-likeness (QED) is 0.825. The van der Waals surface area contributed by atoms with E-state index >= 15 is 0 Å². The highest BCUT2D eigenvalue weighted by molar-refractivity contribution is 7.97. The van der Waals surface area contributed by atoms with Crippen LogP contribution >= 0.6 is 11.8 Å². The van der Waals surface area contributed by atoms with Crippen molar-refractivity contribution < 1.29 is 0 Å². The third kappa shape index (κ3) is 1.70. The van der Waals surface area contributed by atoms with E-state index in [1.54, 1.807) is 24.3 Å². The Morgan fingerprint density at radius 3 is 2.80 bits per heavy atom. The van der Waals surface area contributed by atoms with Crippen LogP contribution in [-0.4, -0.2) is 15.8 Å². The predicted octanol–water partition coefficient (Wildman–Crippen LogP) is 1.01. The van der Waals surface area contributed by atoms with Crippen LogP contribution in [0.5, 0.6) is 0 Å². The zero-order chi connectivity index (χ0) is 10.8. The number of nitrogens with one attached hydrogen (secondary N) is 1. The molecule has 4 nitrogen and oxygen atoms in total. The zero-order valence-corrected chi connectivity index (χ0v) is 9.00. The molecule has 1 aromatic carbocycles. The Morgan fingerprint density at radius 1 is 1.33 bits per heavy atom. The summed E-state index contributed by atoms with van der Waals surface area (Å²) < 4.78 is 1.20. The second-order valence-corrected chi connectivity index (χ2v) is 3.96. The summed E-state index contributed by atoms with van der Waals surface area (Å²) in [5, 5.41) is 0.547. The van der Waals surface area contributed by atoms with Gasteiger partial charge < -0.3 is 4.98 Å². The van der Waals surface area contributed by atoms with E-state index in [0.717, 1.165) is 0 Å². The van der Waals surface area contributed by atoms with Gasteiger partial charge in [-0.1, -0.05) is 12.1 Å². The molecule has 15 heavy (non-hydrogen) atoms. The first-order valence-corrected chi connectivity index (χ1v) is 5.84. The van der Waals surface area contributed by atoms with Crippen LogP contribution in [0, 0.1) is 0 Å². The monoisotopic (exact) mass is 222 g/mol. The SMILES string of the molecule is CSCn1c(=O)[nH]c2ccccc2c1=O. The van der Waals surface area contributed by atoms with Crippen LogP contribution in [0.15, 0.2) is 33.9 Å². The molecule has 0 amide bonds. The van der Waals surface area contributed by atoms with Gasteiger partial charge in [0.25, 0.3) is 5.56 Å². The molecular formula is C10H10N2O2S. The molecule has 0 bridgehead atoms. The molecular weight excluding hydrogens is 212 g/mol. The van der Waals surface area contributed by atoms with Gasteiger partial charge in [-0.25, -0.2) is 9.36 Å². The van der Waals surface area contributed by atoms with Crippen molar-refractivity contribution >= 4 is 22.7 Å². The predicted molar refractivity (Wildman–Crippen MR) is 62.3 cm³/mol. The molecule has 0 atom stereocenters. The van der Waals surface area contributed by atoms with Crippen molar-refractivity contribution in [2.24, 2.45) is 0 Å². The summed E-state index contributed by atoms with van der Waals surface area (Å²) in [5.41, 5.74) is 0.00148.